The van der Waals surface area contributed by atoms with Crippen LogP contribution in [0.15, 0.2) is 23.3 Å². The Morgan fingerprint density at radius 1 is 0.915 bits per heavy atom. The molecule has 4 aliphatic rings. The Morgan fingerprint density at radius 2 is 1.54 bits per heavy atom. The second-order valence-electron chi connectivity index (χ2n) is 17.2. The third-order valence-corrected chi connectivity index (χ3v) is 13.2. The molecule has 14 nitrogen and oxygen atoms in total. The minimum Gasteiger partial charge on any atom is -1.00 e. The van der Waals surface area contributed by atoms with E-state index in [1.54, 1.807) is 40.9 Å². The van der Waals surface area contributed by atoms with Crippen molar-refractivity contribution >= 4 is 23.4 Å². The largest absolute Gasteiger partial charge is 1.00 e. The average molecular weight is 850 g/mol. The number of rotatable bonds is 6. The summed E-state index contributed by atoms with van der Waals surface area (Å²) < 4.78 is 29.6. The Balaban J connectivity index is 0.00000600. The number of ketones is 2. The number of halogens is 1. The molecule has 1 saturated carbocycles. The summed E-state index contributed by atoms with van der Waals surface area (Å²) in [4.78, 5) is 57.7. The molecule has 332 valence electrons. The van der Waals surface area contributed by atoms with Crippen molar-refractivity contribution in [2.24, 2.45) is 29.6 Å². The van der Waals surface area contributed by atoms with Crippen molar-refractivity contribution in [2.75, 3.05) is 27.9 Å². The fourth-order valence-corrected chi connectivity index (χ4v) is 9.31. The minimum absolute atomic E-state index is 0. The Morgan fingerprint density at radius 3 is 2.15 bits per heavy atom. The summed E-state index contributed by atoms with van der Waals surface area (Å²) in [6.45, 7) is 10.6. The molecular weight excluding hydrogens is 781 g/mol. The molecule has 3 fully saturated rings. The van der Waals surface area contributed by atoms with E-state index < -0.39 is 95.9 Å². The van der Waals surface area contributed by atoms with Gasteiger partial charge < -0.3 is 61.4 Å². The van der Waals surface area contributed by atoms with Crippen LogP contribution in [0.1, 0.15) is 106 Å². The van der Waals surface area contributed by atoms with Gasteiger partial charge in [0.25, 0.3) is 11.7 Å². The van der Waals surface area contributed by atoms with E-state index in [1.807, 2.05) is 19.9 Å². The number of aliphatic hydroxyl groups excluding tert-OH is 3. The van der Waals surface area contributed by atoms with Gasteiger partial charge in [0.2, 0.25) is 5.79 Å². The molecule has 0 spiro atoms. The van der Waals surface area contributed by atoms with Gasteiger partial charge in [-0.15, -0.1) is 0 Å². The maximum Gasteiger partial charge on any atom is 1.00 e. The second-order valence-corrected chi connectivity index (χ2v) is 17.2. The molecule has 2 bridgehead atoms. The molecule has 59 heavy (non-hydrogen) atoms. The summed E-state index contributed by atoms with van der Waals surface area (Å²) >= 11 is 0. The molecular formula is C43H69ClLiNO13. The fourth-order valence-electron chi connectivity index (χ4n) is 9.31. The van der Waals surface area contributed by atoms with Crippen molar-refractivity contribution in [3.05, 3.63) is 23.3 Å². The van der Waals surface area contributed by atoms with Gasteiger partial charge in [0.05, 0.1) is 36.6 Å². The number of allylic oxidation sites excluding steroid dienone is 2. The number of methoxy groups -OCH3 is 3. The summed E-state index contributed by atoms with van der Waals surface area (Å²) in [5, 5.41) is 45.6. The normalized spacial score (nSPS) is 40.9. The molecule has 3 aliphatic heterocycles. The summed E-state index contributed by atoms with van der Waals surface area (Å²) in [6, 6.07) is -1.16. The van der Waals surface area contributed by atoms with Crippen molar-refractivity contribution in [1.82, 2.24) is 4.90 Å². The number of esters is 1. The van der Waals surface area contributed by atoms with E-state index in [-0.39, 0.29) is 81.3 Å². The number of amides is 1. The topological polar surface area (TPSA) is 199 Å². The predicted molar refractivity (Wildman–Crippen MR) is 209 cm³/mol. The van der Waals surface area contributed by atoms with Gasteiger partial charge >= 0.3 is 24.8 Å². The number of hydrogen-bond donors (Lipinski definition) is 4. The summed E-state index contributed by atoms with van der Waals surface area (Å²) in [5.41, 5.74) is 1.19. The Hall–Kier alpha value is -1.67. The molecule has 0 aromatic heterocycles. The van der Waals surface area contributed by atoms with Crippen LogP contribution in [0.4, 0.5) is 0 Å². The van der Waals surface area contributed by atoms with Crippen molar-refractivity contribution in [3.8, 4) is 0 Å². The zero-order chi connectivity index (χ0) is 42.4. The number of fused-ring (bicyclic) bond motifs is 3. The molecule has 4 rings (SSSR count). The van der Waals surface area contributed by atoms with Crippen molar-refractivity contribution < 1.29 is 94.6 Å². The van der Waals surface area contributed by atoms with Crippen molar-refractivity contribution in [3.63, 3.8) is 0 Å². The van der Waals surface area contributed by atoms with Crippen LogP contribution in [0.5, 0.6) is 0 Å². The Bertz CT molecular complexity index is 1480. The number of Topliss-reactive ketones (excluding diaryl/α,β-unsaturated/α-hetero) is 2. The average Bonchev–Trinajstić information content (AvgIpc) is 3.20. The first kappa shape index (κ1) is 53.5. The standard InChI is InChI=1S/C43H69NO13.ClH.Li/c1-10-29-18-23(2)37(48)24(3)19-35(54-8)39-36(55-9)20-26(5)43(52,57-39)40(49)41(50)44-16-12-11-13-30(44)42(51)56-38(27(6)32(46)22-33(29)47)25(4)17-28-14-15-31(45)34(21-28)53-7;;/h17-18,24,26-32,34-39,45-46,48,52H,10-16,19-22H2,1-9H3;1H;/q;;+1/p-1/b23-18+,25-17+;;/t24-,26-,27-,28+,29+,30+,31-,32+,34-,35+,36+,37+,38-,39-,43-;;/m1../s1. The van der Waals surface area contributed by atoms with Crippen LogP contribution >= 0.6 is 0 Å². The van der Waals surface area contributed by atoms with Crippen LogP contribution in [-0.2, 0) is 42.9 Å². The fraction of sp³-hybridized carbons (Fsp3) is 0.814. The van der Waals surface area contributed by atoms with Gasteiger partial charge in [0.1, 0.15) is 24.0 Å². The van der Waals surface area contributed by atoms with Gasteiger partial charge in [0.15, 0.2) is 0 Å². The zero-order valence-corrected chi connectivity index (χ0v) is 37.6. The van der Waals surface area contributed by atoms with Gasteiger partial charge in [-0.1, -0.05) is 39.8 Å². The van der Waals surface area contributed by atoms with Crippen LogP contribution < -0.4 is 31.3 Å². The van der Waals surface area contributed by atoms with Gasteiger partial charge in [-0.3, -0.25) is 14.4 Å². The van der Waals surface area contributed by atoms with Crippen LogP contribution in [0.3, 0.4) is 0 Å². The van der Waals surface area contributed by atoms with Gasteiger partial charge in [-0.2, -0.15) is 0 Å². The molecule has 1 aliphatic carbocycles. The molecule has 3 heterocycles. The van der Waals surface area contributed by atoms with Crippen molar-refractivity contribution in [2.45, 2.75) is 166 Å². The molecule has 16 heteroatoms. The van der Waals surface area contributed by atoms with Crippen molar-refractivity contribution in [1.29, 1.82) is 0 Å². The van der Waals surface area contributed by atoms with Crippen LogP contribution in [0.25, 0.3) is 0 Å². The van der Waals surface area contributed by atoms with Crippen LogP contribution in [0, 0.1) is 29.6 Å². The number of carbonyl (C=O) groups is 4. The number of carbonyl (C=O) groups excluding carboxylic acids is 4. The van der Waals surface area contributed by atoms with Crippen LogP contribution in [-0.4, -0.2) is 137 Å². The number of aliphatic hydroxyl groups is 4. The molecule has 0 aromatic carbocycles. The van der Waals surface area contributed by atoms with E-state index in [0.29, 0.717) is 49.7 Å². The van der Waals surface area contributed by atoms with Gasteiger partial charge in [-0.05, 0) is 94.6 Å². The maximum absolute atomic E-state index is 14.3. The van der Waals surface area contributed by atoms with Crippen LogP contribution in [0.2, 0.25) is 0 Å². The second kappa shape index (κ2) is 23.7. The maximum atomic E-state index is 14.3. The van der Waals surface area contributed by atoms with E-state index in [9.17, 15) is 39.6 Å². The molecule has 4 N–H and O–H groups in total. The molecule has 1 amide bonds. The zero-order valence-electron chi connectivity index (χ0n) is 36.8. The first-order valence-electron chi connectivity index (χ1n) is 20.9. The summed E-state index contributed by atoms with van der Waals surface area (Å²) in [7, 11) is 4.49. The Labute approximate surface area is 368 Å². The predicted octanol–water partition coefficient (Wildman–Crippen LogP) is -2.55. The third kappa shape index (κ3) is 12.5. The molecule has 0 aromatic rings. The minimum atomic E-state index is -2.57. The van der Waals surface area contributed by atoms with E-state index >= 15 is 0 Å². The first-order chi connectivity index (χ1) is 26.9. The van der Waals surface area contributed by atoms with E-state index in [1.165, 1.54) is 14.2 Å². The smallest absolute Gasteiger partial charge is 1.00 e. The van der Waals surface area contributed by atoms with E-state index in [4.69, 9.17) is 23.7 Å². The Kier molecular flexibility index (Phi) is 21.5. The monoisotopic (exact) mass is 849 g/mol. The number of piperidine rings is 1. The third-order valence-electron chi connectivity index (χ3n) is 13.2. The van der Waals surface area contributed by atoms with E-state index in [2.05, 4.69) is 0 Å². The first-order valence-corrected chi connectivity index (χ1v) is 20.9. The molecule has 15 atom stereocenters. The number of ether oxygens (including phenoxy) is 5. The summed E-state index contributed by atoms with van der Waals surface area (Å²) in [5.74, 6) is -8.59. The SMILES string of the molecule is CC[C@H]1/C=C(\C)[C@H](O)[C@H](C)C[C@H](OC)[C@H]2O[C@@](O)(C(=O)C(=O)N3CCCC[C@H]3C(=O)O[C@H](/C(C)=C/[C@@H]3CC[C@@H](O)[C@H](OC)C3)[C@H](C)[C@@H](O)CC1=O)[C@H](C)C[C@@H]2OC.[Cl-].[Li+]. The quantitative estimate of drug-likeness (QED) is 0.0945. The number of hydrogen-bond acceptors (Lipinski definition) is 13. The summed E-state index contributed by atoms with van der Waals surface area (Å²) in [6.07, 6.45) is 0.618. The molecule has 0 unspecified atom stereocenters. The number of nitrogens with zero attached hydrogens (tertiary/aromatic N) is 1. The molecule has 2 saturated heterocycles. The number of cyclic esters (lactones) is 1. The van der Waals surface area contributed by atoms with E-state index in [0.717, 1.165) is 4.90 Å². The van der Waals surface area contributed by atoms with Gasteiger partial charge in [0, 0.05) is 52.0 Å². The van der Waals surface area contributed by atoms with Gasteiger partial charge in [-0.25, -0.2) is 4.79 Å². The molecule has 0 radical (unpaired) electrons.